The Morgan fingerprint density at radius 3 is 2.50 bits per heavy atom. The lowest BCUT2D eigenvalue weighted by atomic mass is 10.2. The van der Waals surface area contributed by atoms with Crippen molar-refractivity contribution < 1.29 is 23.8 Å². The van der Waals surface area contributed by atoms with Gasteiger partial charge in [-0.15, -0.1) is 11.8 Å². The van der Waals surface area contributed by atoms with Crippen molar-refractivity contribution in [3.8, 4) is 5.75 Å². The predicted octanol–water partition coefficient (Wildman–Crippen LogP) is 3.37. The molecule has 0 amide bonds. The number of benzene rings is 1. The molecule has 1 atom stereocenters. The number of rotatable bonds is 10. The smallest absolute Gasteiger partial charge is 0.330 e. The van der Waals surface area contributed by atoms with E-state index in [1.807, 2.05) is 24.3 Å². The number of carbonyl (C=O) groups excluding carboxylic acids is 2. The molecule has 0 N–H and O–H groups in total. The zero-order valence-corrected chi connectivity index (χ0v) is 15.1. The number of hydrogen-bond donors (Lipinski definition) is 0. The van der Waals surface area contributed by atoms with E-state index in [-0.39, 0.29) is 17.2 Å². The van der Waals surface area contributed by atoms with Gasteiger partial charge in [-0.05, 0) is 31.0 Å². The third kappa shape index (κ3) is 8.06. The van der Waals surface area contributed by atoms with Gasteiger partial charge in [0.05, 0.1) is 20.8 Å². The minimum absolute atomic E-state index is 0.0237. The number of esters is 2. The average Bonchev–Trinajstić information content (AvgIpc) is 2.61. The van der Waals surface area contributed by atoms with E-state index in [4.69, 9.17) is 9.47 Å². The van der Waals surface area contributed by atoms with E-state index in [1.165, 1.54) is 13.2 Å². The Morgan fingerprint density at radius 1 is 1.21 bits per heavy atom. The molecule has 6 heteroatoms. The summed E-state index contributed by atoms with van der Waals surface area (Å²) in [5.41, 5.74) is 1.15. The van der Waals surface area contributed by atoms with Crippen molar-refractivity contribution in [3.63, 3.8) is 0 Å². The molecule has 0 saturated heterocycles. The Balaban J connectivity index is 2.61. The van der Waals surface area contributed by atoms with E-state index in [0.717, 1.165) is 17.1 Å². The summed E-state index contributed by atoms with van der Waals surface area (Å²) in [4.78, 5) is 22.8. The van der Waals surface area contributed by atoms with Gasteiger partial charge < -0.3 is 14.2 Å². The Labute approximate surface area is 147 Å². The highest BCUT2D eigenvalue weighted by Crippen LogP contribution is 2.24. The fourth-order valence-electron chi connectivity index (χ4n) is 1.90. The summed E-state index contributed by atoms with van der Waals surface area (Å²) in [5.74, 6) is 0.955. The van der Waals surface area contributed by atoms with Gasteiger partial charge in [0, 0.05) is 23.5 Å². The van der Waals surface area contributed by atoms with Crippen molar-refractivity contribution in [2.24, 2.45) is 0 Å². The van der Waals surface area contributed by atoms with Gasteiger partial charge in [0.25, 0.3) is 0 Å². The van der Waals surface area contributed by atoms with E-state index >= 15 is 0 Å². The molecule has 0 aliphatic rings. The molecule has 0 spiro atoms. The van der Waals surface area contributed by atoms with Crippen LogP contribution in [0.25, 0.3) is 0 Å². The predicted molar refractivity (Wildman–Crippen MR) is 95.1 cm³/mol. The zero-order chi connectivity index (χ0) is 17.8. The van der Waals surface area contributed by atoms with Gasteiger partial charge in [0.2, 0.25) is 0 Å². The van der Waals surface area contributed by atoms with Crippen LogP contribution in [-0.4, -0.2) is 38.0 Å². The molecular formula is C18H24O5S. The van der Waals surface area contributed by atoms with Gasteiger partial charge >= 0.3 is 11.9 Å². The van der Waals surface area contributed by atoms with Crippen LogP contribution in [0.4, 0.5) is 0 Å². The molecule has 1 rings (SSSR count). The molecule has 0 aliphatic heterocycles. The van der Waals surface area contributed by atoms with E-state index < -0.39 is 0 Å². The first-order valence-corrected chi connectivity index (χ1v) is 8.80. The van der Waals surface area contributed by atoms with Crippen LogP contribution in [0.5, 0.6) is 5.75 Å². The molecular weight excluding hydrogens is 328 g/mol. The third-order valence-corrected chi connectivity index (χ3v) is 4.54. The summed E-state index contributed by atoms with van der Waals surface area (Å²) in [6.45, 7) is 2.11. The van der Waals surface area contributed by atoms with Crippen molar-refractivity contribution in [1.29, 1.82) is 0 Å². The summed E-state index contributed by atoms with van der Waals surface area (Å²) >= 11 is 1.66. The largest absolute Gasteiger partial charge is 0.497 e. The fraction of sp³-hybridized carbons (Fsp3) is 0.444. The highest BCUT2D eigenvalue weighted by Gasteiger charge is 2.11. The van der Waals surface area contributed by atoms with E-state index in [0.29, 0.717) is 19.4 Å². The monoisotopic (exact) mass is 352 g/mol. The van der Waals surface area contributed by atoms with Crippen LogP contribution in [0.1, 0.15) is 25.3 Å². The van der Waals surface area contributed by atoms with Crippen LogP contribution >= 0.6 is 11.8 Å². The molecule has 0 bridgehead atoms. The van der Waals surface area contributed by atoms with E-state index in [1.54, 1.807) is 31.9 Å². The molecule has 1 aromatic carbocycles. The highest BCUT2D eigenvalue weighted by atomic mass is 32.2. The molecule has 5 nitrogen and oxygen atoms in total. The molecule has 24 heavy (non-hydrogen) atoms. The summed E-state index contributed by atoms with van der Waals surface area (Å²) in [6, 6.07) is 7.82. The van der Waals surface area contributed by atoms with Crippen LogP contribution in [0.2, 0.25) is 0 Å². The minimum atomic E-state index is -0.370. The third-order valence-electron chi connectivity index (χ3n) is 3.22. The number of hydrogen-bond acceptors (Lipinski definition) is 6. The lowest BCUT2D eigenvalue weighted by molar-refractivity contribution is -0.140. The molecule has 0 heterocycles. The Hall–Kier alpha value is -1.95. The normalized spacial score (nSPS) is 12.0. The number of ether oxygens (including phenoxy) is 3. The minimum Gasteiger partial charge on any atom is -0.497 e. The topological polar surface area (TPSA) is 61.8 Å². The highest BCUT2D eigenvalue weighted by molar-refractivity contribution is 7.99. The van der Waals surface area contributed by atoms with Gasteiger partial charge in [0.1, 0.15) is 5.75 Å². The maximum atomic E-state index is 11.5. The van der Waals surface area contributed by atoms with E-state index in [2.05, 4.69) is 4.74 Å². The summed E-state index contributed by atoms with van der Waals surface area (Å²) < 4.78 is 14.7. The molecule has 0 aliphatic carbocycles. The van der Waals surface area contributed by atoms with Gasteiger partial charge in [-0.2, -0.15) is 0 Å². The molecule has 132 valence electrons. The molecule has 0 radical (unpaired) electrons. The zero-order valence-electron chi connectivity index (χ0n) is 14.3. The van der Waals surface area contributed by atoms with Crippen LogP contribution in [0, 0.1) is 0 Å². The van der Waals surface area contributed by atoms with Crippen LogP contribution in [0.3, 0.4) is 0 Å². The number of methoxy groups -OCH3 is 2. The van der Waals surface area contributed by atoms with Gasteiger partial charge in [-0.1, -0.05) is 18.2 Å². The summed E-state index contributed by atoms with van der Waals surface area (Å²) in [6.07, 6.45) is 4.12. The van der Waals surface area contributed by atoms with Crippen LogP contribution < -0.4 is 4.74 Å². The first-order chi connectivity index (χ1) is 11.6. The molecule has 0 saturated carbocycles. The van der Waals surface area contributed by atoms with Gasteiger partial charge in [-0.3, -0.25) is 4.79 Å². The van der Waals surface area contributed by atoms with Crippen LogP contribution in [0.15, 0.2) is 36.4 Å². The number of carbonyl (C=O) groups is 2. The maximum absolute atomic E-state index is 11.5. The lowest BCUT2D eigenvalue weighted by Crippen LogP contribution is -2.08. The Morgan fingerprint density at radius 2 is 1.92 bits per heavy atom. The summed E-state index contributed by atoms with van der Waals surface area (Å²) in [7, 11) is 3.00. The standard InChI is InChI=1S/C18H24O5S/c1-4-23-18(20)12-10-16(9-11-17(19)22-3)24-13-14-5-7-15(21-2)8-6-14/h5-8,10,12,16H,4,9,11,13H2,1-3H3/b12-10+/t16-/m0/s1. The van der Waals surface area contributed by atoms with Crippen molar-refractivity contribution >= 4 is 23.7 Å². The van der Waals surface area contributed by atoms with Crippen LogP contribution in [-0.2, 0) is 24.8 Å². The van der Waals surface area contributed by atoms with Crippen molar-refractivity contribution in [1.82, 2.24) is 0 Å². The van der Waals surface area contributed by atoms with Gasteiger partial charge in [-0.25, -0.2) is 4.79 Å². The molecule has 1 aromatic rings. The first-order valence-electron chi connectivity index (χ1n) is 7.75. The second kappa shape index (κ2) is 11.6. The second-order valence-corrected chi connectivity index (χ2v) is 6.15. The van der Waals surface area contributed by atoms with Crippen molar-refractivity contribution in [2.75, 3.05) is 20.8 Å². The van der Waals surface area contributed by atoms with Crippen molar-refractivity contribution in [3.05, 3.63) is 42.0 Å². The SMILES string of the molecule is CCOC(=O)/C=C/[C@H](CCC(=O)OC)SCc1ccc(OC)cc1. The van der Waals surface area contributed by atoms with E-state index in [9.17, 15) is 9.59 Å². The first kappa shape index (κ1) is 20.1. The molecule has 0 aromatic heterocycles. The Kier molecular flexibility index (Phi) is 9.68. The van der Waals surface area contributed by atoms with Gasteiger partial charge in [0.15, 0.2) is 0 Å². The molecule has 0 unspecified atom stereocenters. The quantitative estimate of drug-likeness (QED) is 0.475. The molecule has 0 fully saturated rings. The Bertz CT molecular complexity index is 539. The number of thioether (sulfide) groups is 1. The van der Waals surface area contributed by atoms with Crippen molar-refractivity contribution in [2.45, 2.75) is 30.8 Å². The fourth-order valence-corrected chi connectivity index (χ4v) is 2.97. The lowest BCUT2D eigenvalue weighted by Gasteiger charge is -2.12. The maximum Gasteiger partial charge on any atom is 0.330 e. The summed E-state index contributed by atoms with van der Waals surface area (Å²) in [5, 5.41) is 0.0237. The average molecular weight is 352 g/mol. The second-order valence-electron chi connectivity index (χ2n) is 4.92.